The Morgan fingerprint density at radius 3 is 0.833 bits per heavy atom. The average molecular weight is 441 g/mol. The highest BCUT2D eigenvalue weighted by Gasteiger charge is 2.45. The van der Waals surface area contributed by atoms with Crippen molar-refractivity contribution in [2.45, 2.75) is 116 Å². The Labute approximate surface area is 189 Å². The molecule has 0 aliphatic rings. The Kier molecular flexibility index (Phi) is 7.89. The van der Waals surface area contributed by atoms with Crippen molar-refractivity contribution in [3.05, 3.63) is 36.4 Å². The first-order valence-electron chi connectivity index (χ1n) is 12.4. The van der Waals surface area contributed by atoms with E-state index in [1.807, 2.05) is 0 Å². The molecule has 0 saturated carbocycles. The molecule has 0 fully saturated rings. The van der Waals surface area contributed by atoms with Crippen LogP contribution in [0.5, 0.6) is 0 Å². The molecule has 0 aliphatic carbocycles. The van der Waals surface area contributed by atoms with Gasteiger partial charge in [-0.1, -0.05) is 130 Å². The van der Waals surface area contributed by atoms with E-state index in [1.54, 1.807) is 10.4 Å². The van der Waals surface area contributed by atoms with Crippen LogP contribution in [-0.4, -0.2) is 16.1 Å². The molecule has 2 rings (SSSR count). The van der Waals surface area contributed by atoms with Crippen LogP contribution in [0.15, 0.2) is 36.4 Å². The van der Waals surface area contributed by atoms with Gasteiger partial charge in [0.05, 0.1) is 16.1 Å². The summed E-state index contributed by atoms with van der Waals surface area (Å²) < 4.78 is 0. The Bertz CT molecular complexity index is 728. The van der Waals surface area contributed by atoms with Gasteiger partial charge in [0.2, 0.25) is 0 Å². The van der Waals surface area contributed by atoms with Gasteiger partial charge in [0.15, 0.2) is 0 Å². The summed E-state index contributed by atoms with van der Waals surface area (Å²) in [7, 11) is -3.23. The van der Waals surface area contributed by atoms with Crippen molar-refractivity contribution in [1.29, 1.82) is 0 Å². The maximum atomic E-state index is 2.56. The molecule has 30 heavy (non-hydrogen) atoms. The molecule has 0 nitrogen and oxygen atoms in total. The van der Waals surface area contributed by atoms with E-state index in [0.717, 1.165) is 33.2 Å². The predicted molar refractivity (Wildman–Crippen MR) is 145 cm³/mol. The summed E-state index contributed by atoms with van der Waals surface area (Å²) in [4.78, 5) is 0. The molecular formula is C28H48Si2. The van der Waals surface area contributed by atoms with Crippen LogP contribution in [0.1, 0.15) is 83.1 Å². The van der Waals surface area contributed by atoms with Gasteiger partial charge >= 0.3 is 0 Å². The first-order chi connectivity index (χ1) is 13.8. The van der Waals surface area contributed by atoms with Crippen LogP contribution in [0.25, 0.3) is 10.8 Å². The zero-order chi connectivity index (χ0) is 23.0. The highest BCUT2D eigenvalue weighted by atomic mass is 28.3. The Hall–Kier alpha value is -0.866. The maximum Gasteiger partial charge on any atom is 0.0942 e. The summed E-state index contributed by atoms with van der Waals surface area (Å²) >= 11 is 0. The molecule has 0 atom stereocenters. The van der Waals surface area contributed by atoms with Gasteiger partial charge < -0.3 is 0 Å². The van der Waals surface area contributed by atoms with Crippen molar-refractivity contribution in [3.63, 3.8) is 0 Å². The van der Waals surface area contributed by atoms with Gasteiger partial charge in [-0.25, -0.2) is 0 Å². The van der Waals surface area contributed by atoms with Gasteiger partial charge in [-0.3, -0.25) is 0 Å². The molecule has 0 unspecified atom stereocenters. The lowest BCUT2D eigenvalue weighted by molar-refractivity contribution is 0.834. The predicted octanol–water partition coefficient (Wildman–Crippen LogP) is 8.61. The molecule has 2 aromatic carbocycles. The minimum Gasteiger partial charge on any atom is -0.0648 e. The van der Waals surface area contributed by atoms with Crippen molar-refractivity contribution in [2.24, 2.45) is 0 Å². The van der Waals surface area contributed by atoms with E-state index in [0.29, 0.717) is 0 Å². The second-order valence-corrected chi connectivity index (χ2v) is 23.4. The molecule has 0 bridgehead atoms. The molecule has 2 heteroatoms. The Morgan fingerprint density at radius 2 is 0.633 bits per heavy atom. The van der Waals surface area contributed by atoms with Gasteiger partial charge in [0.1, 0.15) is 0 Å². The lowest BCUT2D eigenvalue weighted by atomic mass is 10.1. The minimum absolute atomic E-state index is 0.747. The zero-order valence-corrected chi connectivity index (χ0v) is 23.9. The normalized spacial score (nSPS) is 13.8. The summed E-state index contributed by atoms with van der Waals surface area (Å²) in [6, 6.07) is 15.0. The second-order valence-electron chi connectivity index (χ2n) is 11.6. The van der Waals surface area contributed by atoms with Crippen LogP contribution < -0.4 is 10.4 Å². The van der Waals surface area contributed by atoms with E-state index in [2.05, 4.69) is 119 Å². The summed E-state index contributed by atoms with van der Waals surface area (Å²) in [5.74, 6) is 0. The zero-order valence-electron chi connectivity index (χ0n) is 21.9. The van der Waals surface area contributed by atoms with Crippen LogP contribution in [0.4, 0.5) is 0 Å². The van der Waals surface area contributed by atoms with E-state index in [1.165, 1.54) is 10.8 Å². The molecule has 0 radical (unpaired) electrons. The molecular weight excluding hydrogens is 392 g/mol. The fourth-order valence-corrected chi connectivity index (χ4v) is 21.3. The quantitative estimate of drug-likeness (QED) is 0.360. The first kappa shape index (κ1) is 25.4. The number of benzene rings is 2. The third-order valence-electron chi connectivity index (χ3n) is 8.57. The van der Waals surface area contributed by atoms with E-state index in [-0.39, 0.29) is 0 Å². The van der Waals surface area contributed by atoms with E-state index in [9.17, 15) is 0 Å². The van der Waals surface area contributed by atoms with Crippen LogP contribution in [0, 0.1) is 0 Å². The van der Waals surface area contributed by atoms with Gasteiger partial charge in [-0.05, 0) is 44.0 Å². The highest BCUT2D eigenvalue weighted by Crippen LogP contribution is 2.43. The number of hydrogen-bond acceptors (Lipinski definition) is 0. The maximum absolute atomic E-state index is 2.56. The molecule has 168 valence electrons. The second kappa shape index (κ2) is 9.32. The SMILES string of the molecule is CC(C)[Si](c1ccc2cc([Si](C(C)C)(C(C)C)C(C)C)ccc2c1)(C(C)C)C(C)C. The largest absolute Gasteiger partial charge is 0.0942 e. The molecule has 2 aromatic rings. The standard InChI is InChI=1S/C28H48Si2/c1-19(2)29(20(3)4,21(5)6)27-15-13-26-18-28(16-14-25(26)17-27)30(22(7)8,23(9)10)24(11)12/h13-24H,1-12H3. The monoisotopic (exact) mass is 440 g/mol. The topological polar surface area (TPSA) is 0 Å². The number of fused-ring (bicyclic) bond motifs is 1. The molecule has 0 aromatic heterocycles. The fraction of sp³-hybridized carbons (Fsp3) is 0.643. The molecule has 0 aliphatic heterocycles. The van der Waals surface area contributed by atoms with Crippen molar-refractivity contribution in [2.75, 3.05) is 0 Å². The molecule has 0 saturated heterocycles. The van der Waals surface area contributed by atoms with Crippen LogP contribution in [-0.2, 0) is 0 Å². The first-order valence-corrected chi connectivity index (χ1v) is 16.9. The Morgan fingerprint density at radius 1 is 0.400 bits per heavy atom. The number of rotatable bonds is 8. The van der Waals surface area contributed by atoms with Gasteiger partial charge in [0.25, 0.3) is 0 Å². The number of hydrogen-bond donors (Lipinski definition) is 0. The van der Waals surface area contributed by atoms with Crippen molar-refractivity contribution >= 4 is 37.3 Å². The molecule has 0 spiro atoms. The molecule has 0 amide bonds. The van der Waals surface area contributed by atoms with Crippen LogP contribution in [0.3, 0.4) is 0 Å². The van der Waals surface area contributed by atoms with Crippen LogP contribution in [0.2, 0.25) is 33.2 Å². The molecule has 0 N–H and O–H groups in total. The average Bonchev–Trinajstić information content (AvgIpc) is 2.60. The van der Waals surface area contributed by atoms with Crippen molar-refractivity contribution < 1.29 is 0 Å². The van der Waals surface area contributed by atoms with E-state index < -0.39 is 16.1 Å². The third kappa shape index (κ3) is 3.88. The summed E-state index contributed by atoms with van der Waals surface area (Å²) in [6.07, 6.45) is 0. The lowest BCUT2D eigenvalue weighted by Crippen LogP contribution is -2.56. The highest BCUT2D eigenvalue weighted by molar-refractivity contribution is 6.95. The van der Waals surface area contributed by atoms with E-state index in [4.69, 9.17) is 0 Å². The Balaban J connectivity index is 2.71. The van der Waals surface area contributed by atoms with Crippen molar-refractivity contribution in [3.8, 4) is 0 Å². The fourth-order valence-electron chi connectivity index (χ4n) is 7.78. The van der Waals surface area contributed by atoms with Gasteiger partial charge in [0, 0.05) is 0 Å². The van der Waals surface area contributed by atoms with Gasteiger partial charge in [-0.15, -0.1) is 0 Å². The molecule has 0 heterocycles. The third-order valence-corrected chi connectivity index (χ3v) is 22.7. The summed E-state index contributed by atoms with van der Waals surface area (Å²) in [5, 5.41) is 6.19. The summed E-state index contributed by atoms with van der Waals surface area (Å²) in [5.41, 5.74) is 4.48. The van der Waals surface area contributed by atoms with Crippen molar-refractivity contribution in [1.82, 2.24) is 0 Å². The summed E-state index contributed by atoms with van der Waals surface area (Å²) in [6.45, 7) is 29.6. The smallest absolute Gasteiger partial charge is 0.0648 e. The van der Waals surface area contributed by atoms with Gasteiger partial charge in [-0.2, -0.15) is 0 Å². The minimum atomic E-state index is -1.62. The van der Waals surface area contributed by atoms with Crippen LogP contribution >= 0.6 is 0 Å². The lowest BCUT2D eigenvalue weighted by Gasteiger charge is -2.44. The van der Waals surface area contributed by atoms with E-state index >= 15 is 0 Å².